The summed E-state index contributed by atoms with van der Waals surface area (Å²) in [5.74, 6) is 2.17. The SMILES string of the molecule is CC(C)c1nc(C2CCCCC2)[nH]c(=O)n1. The van der Waals surface area contributed by atoms with Crippen molar-refractivity contribution in [2.45, 2.75) is 57.8 Å². The van der Waals surface area contributed by atoms with Gasteiger partial charge in [0.2, 0.25) is 0 Å². The molecule has 1 aromatic rings. The average Bonchev–Trinajstić information content (AvgIpc) is 2.29. The molecule has 0 bridgehead atoms. The molecule has 4 nitrogen and oxygen atoms in total. The van der Waals surface area contributed by atoms with Crippen LogP contribution in [0.15, 0.2) is 4.79 Å². The fourth-order valence-electron chi connectivity index (χ4n) is 2.25. The third-order valence-corrected chi connectivity index (χ3v) is 3.19. The van der Waals surface area contributed by atoms with Crippen LogP contribution in [0.2, 0.25) is 0 Å². The highest BCUT2D eigenvalue weighted by Gasteiger charge is 2.19. The van der Waals surface area contributed by atoms with E-state index in [9.17, 15) is 4.79 Å². The van der Waals surface area contributed by atoms with Gasteiger partial charge in [0, 0.05) is 11.8 Å². The number of rotatable bonds is 2. The summed E-state index contributed by atoms with van der Waals surface area (Å²) in [7, 11) is 0. The monoisotopic (exact) mass is 221 g/mol. The van der Waals surface area contributed by atoms with Gasteiger partial charge in [-0.25, -0.2) is 9.78 Å². The fraction of sp³-hybridized carbons (Fsp3) is 0.750. The van der Waals surface area contributed by atoms with Crippen LogP contribution in [0.5, 0.6) is 0 Å². The molecule has 1 saturated carbocycles. The minimum absolute atomic E-state index is 0.213. The lowest BCUT2D eigenvalue weighted by Gasteiger charge is -2.20. The van der Waals surface area contributed by atoms with Gasteiger partial charge in [0.1, 0.15) is 11.6 Å². The lowest BCUT2D eigenvalue weighted by molar-refractivity contribution is 0.424. The topological polar surface area (TPSA) is 58.6 Å². The molecule has 1 N–H and O–H groups in total. The molecule has 0 aliphatic heterocycles. The molecule has 0 spiro atoms. The molecule has 0 atom stereocenters. The number of hydrogen-bond donors (Lipinski definition) is 1. The summed E-state index contributed by atoms with van der Waals surface area (Å²) in [5.41, 5.74) is -0.251. The zero-order valence-corrected chi connectivity index (χ0v) is 9.99. The number of nitrogens with zero attached hydrogens (tertiary/aromatic N) is 2. The van der Waals surface area contributed by atoms with Crippen molar-refractivity contribution in [3.63, 3.8) is 0 Å². The maximum Gasteiger partial charge on any atom is 0.348 e. The quantitative estimate of drug-likeness (QED) is 0.833. The van der Waals surface area contributed by atoms with Crippen LogP contribution in [-0.2, 0) is 0 Å². The van der Waals surface area contributed by atoms with Crippen LogP contribution in [-0.4, -0.2) is 15.0 Å². The van der Waals surface area contributed by atoms with E-state index in [-0.39, 0.29) is 11.6 Å². The van der Waals surface area contributed by atoms with Gasteiger partial charge in [-0.1, -0.05) is 33.1 Å². The zero-order chi connectivity index (χ0) is 11.5. The number of hydrogen-bond acceptors (Lipinski definition) is 3. The Labute approximate surface area is 95.5 Å². The second kappa shape index (κ2) is 4.76. The summed E-state index contributed by atoms with van der Waals surface area (Å²) in [6.07, 6.45) is 6.08. The van der Waals surface area contributed by atoms with Gasteiger partial charge in [-0.15, -0.1) is 0 Å². The molecular formula is C12H19N3O. The van der Waals surface area contributed by atoms with Gasteiger partial charge >= 0.3 is 5.69 Å². The molecule has 4 heteroatoms. The predicted molar refractivity (Wildman–Crippen MR) is 62.6 cm³/mol. The van der Waals surface area contributed by atoms with Gasteiger partial charge < -0.3 is 0 Å². The smallest absolute Gasteiger partial charge is 0.294 e. The molecule has 1 aromatic heterocycles. The minimum Gasteiger partial charge on any atom is -0.294 e. The molecule has 0 aromatic carbocycles. The van der Waals surface area contributed by atoms with Crippen LogP contribution in [0.3, 0.4) is 0 Å². The standard InChI is InChI=1S/C12H19N3O/c1-8(2)10-13-11(15-12(16)14-10)9-6-4-3-5-7-9/h8-9H,3-7H2,1-2H3,(H,13,14,15,16). The van der Waals surface area contributed by atoms with Crippen LogP contribution >= 0.6 is 0 Å². The van der Waals surface area contributed by atoms with Gasteiger partial charge in [-0.2, -0.15) is 4.98 Å². The van der Waals surface area contributed by atoms with Gasteiger partial charge in [0.15, 0.2) is 0 Å². The van der Waals surface area contributed by atoms with E-state index < -0.39 is 0 Å². The van der Waals surface area contributed by atoms with E-state index in [4.69, 9.17) is 0 Å². The summed E-state index contributed by atoms with van der Waals surface area (Å²) >= 11 is 0. The number of aromatic amines is 1. The molecule has 1 aliphatic rings. The molecule has 0 amide bonds. The van der Waals surface area contributed by atoms with E-state index >= 15 is 0 Å². The Morgan fingerprint density at radius 1 is 1.19 bits per heavy atom. The van der Waals surface area contributed by atoms with Crippen molar-refractivity contribution in [2.24, 2.45) is 0 Å². The maximum atomic E-state index is 11.5. The summed E-state index contributed by atoms with van der Waals surface area (Å²) in [6.45, 7) is 4.03. The van der Waals surface area contributed by atoms with Crippen LogP contribution in [0.1, 0.15) is 69.4 Å². The largest absolute Gasteiger partial charge is 0.348 e. The predicted octanol–water partition coefficient (Wildman–Crippen LogP) is 2.34. The van der Waals surface area contributed by atoms with Gasteiger partial charge in [0.05, 0.1) is 0 Å². The van der Waals surface area contributed by atoms with Crippen molar-refractivity contribution in [1.29, 1.82) is 0 Å². The third kappa shape index (κ3) is 2.49. The summed E-state index contributed by atoms with van der Waals surface area (Å²) in [6, 6.07) is 0. The van der Waals surface area contributed by atoms with Crippen molar-refractivity contribution >= 4 is 0 Å². The first-order valence-electron chi connectivity index (χ1n) is 6.15. The molecular weight excluding hydrogens is 202 g/mol. The summed E-state index contributed by atoms with van der Waals surface area (Å²) < 4.78 is 0. The molecule has 88 valence electrons. The van der Waals surface area contributed by atoms with Gasteiger partial charge in [-0.3, -0.25) is 4.98 Å². The third-order valence-electron chi connectivity index (χ3n) is 3.19. The maximum absolute atomic E-state index is 11.5. The van der Waals surface area contributed by atoms with E-state index in [1.807, 2.05) is 13.8 Å². The molecule has 1 fully saturated rings. The van der Waals surface area contributed by atoms with Crippen molar-refractivity contribution in [1.82, 2.24) is 15.0 Å². The molecule has 16 heavy (non-hydrogen) atoms. The average molecular weight is 221 g/mol. The van der Waals surface area contributed by atoms with E-state index in [1.54, 1.807) is 0 Å². The number of H-pyrrole nitrogens is 1. The first-order chi connectivity index (χ1) is 7.66. The van der Waals surface area contributed by atoms with Crippen molar-refractivity contribution in [3.05, 3.63) is 22.1 Å². The van der Waals surface area contributed by atoms with E-state index in [1.165, 1.54) is 19.3 Å². The van der Waals surface area contributed by atoms with E-state index in [0.717, 1.165) is 18.7 Å². The lowest BCUT2D eigenvalue weighted by atomic mass is 9.89. The highest BCUT2D eigenvalue weighted by molar-refractivity contribution is 5.01. The van der Waals surface area contributed by atoms with Gasteiger partial charge in [0.25, 0.3) is 0 Å². The molecule has 1 aliphatic carbocycles. The molecule has 0 radical (unpaired) electrons. The van der Waals surface area contributed by atoms with Crippen LogP contribution in [0, 0.1) is 0 Å². The van der Waals surface area contributed by atoms with Crippen LogP contribution < -0.4 is 5.69 Å². The lowest BCUT2D eigenvalue weighted by Crippen LogP contribution is -2.21. The van der Waals surface area contributed by atoms with Crippen molar-refractivity contribution < 1.29 is 0 Å². The van der Waals surface area contributed by atoms with Crippen molar-refractivity contribution in [3.8, 4) is 0 Å². The minimum atomic E-state index is -0.251. The van der Waals surface area contributed by atoms with E-state index in [2.05, 4.69) is 15.0 Å². The Kier molecular flexibility index (Phi) is 3.36. The van der Waals surface area contributed by atoms with Gasteiger partial charge in [-0.05, 0) is 12.8 Å². The second-order valence-corrected chi connectivity index (χ2v) is 4.89. The Balaban J connectivity index is 2.29. The van der Waals surface area contributed by atoms with Crippen molar-refractivity contribution in [2.75, 3.05) is 0 Å². The zero-order valence-electron chi connectivity index (χ0n) is 9.99. The molecule has 0 unspecified atom stereocenters. The molecule has 2 rings (SSSR count). The number of aromatic nitrogens is 3. The molecule has 0 saturated heterocycles. The summed E-state index contributed by atoms with van der Waals surface area (Å²) in [4.78, 5) is 22.6. The first-order valence-corrected chi connectivity index (χ1v) is 6.15. The second-order valence-electron chi connectivity index (χ2n) is 4.89. The molecule has 1 heterocycles. The Morgan fingerprint density at radius 3 is 2.50 bits per heavy atom. The van der Waals surface area contributed by atoms with E-state index in [0.29, 0.717) is 11.7 Å². The Morgan fingerprint density at radius 2 is 1.88 bits per heavy atom. The first kappa shape index (κ1) is 11.3. The summed E-state index contributed by atoms with van der Waals surface area (Å²) in [5, 5.41) is 0. The highest BCUT2D eigenvalue weighted by Crippen LogP contribution is 2.30. The highest BCUT2D eigenvalue weighted by atomic mass is 16.1. The Hall–Kier alpha value is -1.19. The Bertz CT molecular complexity index is 405. The van der Waals surface area contributed by atoms with Crippen LogP contribution in [0.4, 0.5) is 0 Å². The number of nitrogens with one attached hydrogen (secondary N) is 1. The normalized spacial score (nSPS) is 17.9. The fourth-order valence-corrected chi connectivity index (χ4v) is 2.25. The van der Waals surface area contributed by atoms with Crippen LogP contribution in [0.25, 0.3) is 0 Å².